The van der Waals surface area contributed by atoms with Crippen LogP contribution in [0.15, 0.2) is 0 Å². The van der Waals surface area contributed by atoms with Crippen LogP contribution in [0.1, 0.15) is 0 Å². The van der Waals surface area contributed by atoms with Crippen molar-refractivity contribution in [2.24, 2.45) is 0 Å². The molecule has 5 heteroatoms. The molecule has 0 radical (unpaired) electrons. The monoisotopic (exact) mass is 166 g/mol. The van der Waals surface area contributed by atoms with E-state index in [1.165, 1.54) is 0 Å². The summed E-state index contributed by atoms with van der Waals surface area (Å²) >= 11 is 5.19. The Morgan fingerprint density at radius 2 is 2.30 bits per heavy atom. The first-order chi connectivity index (χ1) is 4.81. The van der Waals surface area contributed by atoms with Gasteiger partial charge in [-0.3, -0.25) is 4.79 Å². The second-order valence-electron chi connectivity index (χ2n) is 1.32. The van der Waals surface area contributed by atoms with Gasteiger partial charge in [-0.1, -0.05) is 0 Å². The first kappa shape index (κ1) is 9.23. The summed E-state index contributed by atoms with van der Waals surface area (Å²) in [5, 5.41) is 0. The summed E-state index contributed by atoms with van der Waals surface area (Å²) < 4.78 is 8.53. The molecule has 0 aliphatic carbocycles. The zero-order chi connectivity index (χ0) is 7.82. The van der Waals surface area contributed by atoms with Crippen molar-refractivity contribution in [1.82, 2.24) is 0 Å². The third-order valence-corrected chi connectivity index (χ3v) is 0.764. The number of hydrogen-bond donors (Lipinski definition) is 0. The normalized spacial score (nSPS) is 8.50. The largest absolute Gasteiger partial charge is 0.462 e. The summed E-state index contributed by atoms with van der Waals surface area (Å²) in [6.45, 7) is -0.0229. The molecular formula is C5H7ClO4. The number of esters is 1. The number of ether oxygens (including phenoxy) is 2. The molecule has 0 amide bonds. The molecule has 0 spiro atoms. The van der Waals surface area contributed by atoms with Gasteiger partial charge in [-0.05, 0) is 0 Å². The number of rotatable bonds is 5. The molecule has 0 aliphatic heterocycles. The lowest BCUT2D eigenvalue weighted by Crippen LogP contribution is -2.13. The number of alkyl halides is 1. The highest BCUT2D eigenvalue weighted by atomic mass is 35.5. The average Bonchev–Trinajstić information content (AvgIpc) is 1.97. The summed E-state index contributed by atoms with van der Waals surface area (Å²) in [5.41, 5.74) is 0. The fourth-order valence-corrected chi connectivity index (χ4v) is 0.373. The Morgan fingerprint density at radius 3 is 2.80 bits per heavy atom. The lowest BCUT2D eigenvalue weighted by atomic mass is 10.7. The zero-order valence-corrected chi connectivity index (χ0v) is 5.97. The van der Waals surface area contributed by atoms with Crippen molar-refractivity contribution in [2.45, 2.75) is 0 Å². The predicted molar refractivity (Wildman–Crippen MR) is 33.7 cm³/mol. The van der Waals surface area contributed by atoms with Crippen molar-refractivity contribution in [3.05, 3.63) is 0 Å². The van der Waals surface area contributed by atoms with Gasteiger partial charge >= 0.3 is 5.97 Å². The van der Waals surface area contributed by atoms with Crippen LogP contribution in [0.2, 0.25) is 0 Å². The molecule has 0 saturated carbocycles. The van der Waals surface area contributed by atoms with Crippen LogP contribution in [0, 0.1) is 0 Å². The van der Waals surface area contributed by atoms with E-state index in [4.69, 9.17) is 11.6 Å². The molecule has 4 nitrogen and oxygen atoms in total. The second kappa shape index (κ2) is 6.35. The van der Waals surface area contributed by atoms with Crippen molar-refractivity contribution in [2.75, 3.05) is 19.1 Å². The second-order valence-corrected chi connectivity index (χ2v) is 1.69. The van der Waals surface area contributed by atoms with Crippen LogP contribution in [0.5, 0.6) is 0 Å². The molecule has 0 unspecified atom stereocenters. The van der Waals surface area contributed by atoms with Gasteiger partial charge in [0.15, 0.2) is 6.61 Å². The smallest absolute Gasteiger partial charge is 0.344 e. The van der Waals surface area contributed by atoms with Crippen LogP contribution in [0.3, 0.4) is 0 Å². The van der Waals surface area contributed by atoms with E-state index in [9.17, 15) is 9.59 Å². The highest BCUT2D eigenvalue weighted by molar-refractivity contribution is 6.18. The fraction of sp³-hybridized carbons (Fsp3) is 0.600. The molecule has 0 aromatic heterocycles. The van der Waals surface area contributed by atoms with Gasteiger partial charge < -0.3 is 9.47 Å². The predicted octanol–water partition coefficient (Wildman–Crippen LogP) is -0.0586. The van der Waals surface area contributed by atoms with Crippen molar-refractivity contribution in [3.8, 4) is 0 Å². The number of halogens is 1. The Bertz CT molecular complexity index is 114. The minimum atomic E-state index is -0.590. The molecule has 10 heavy (non-hydrogen) atoms. The summed E-state index contributed by atoms with van der Waals surface area (Å²) in [6.07, 6.45) is 0. The van der Waals surface area contributed by atoms with E-state index in [1.807, 2.05) is 0 Å². The van der Waals surface area contributed by atoms with Gasteiger partial charge in [0.05, 0.1) is 5.88 Å². The van der Waals surface area contributed by atoms with Crippen LogP contribution in [0.25, 0.3) is 0 Å². The summed E-state index contributed by atoms with van der Waals surface area (Å²) in [6, 6.07) is 0. The highest BCUT2D eigenvalue weighted by Gasteiger charge is 2.00. The lowest BCUT2D eigenvalue weighted by molar-refractivity contribution is -0.152. The molecule has 0 N–H and O–H groups in total. The zero-order valence-electron chi connectivity index (χ0n) is 5.21. The molecule has 0 saturated heterocycles. The lowest BCUT2D eigenvalue weighted by Gasteiger charge is -1.99. The van der Waals surface area contributed by atoms with E-state index in [2.05, 4.69) is 9.47 Å². The Labute approximate surface area is 63.1 Å². The molecule has 0 bridgehead atoms. The molecule has 0 aromatic carbocycles. The summed E-state index contributed by atoms with van der Waals surface area (Å²) in [4.78, 5) is 19.9. The maximum Gasteiger partial charge on any atom is 0.344 e. The third kappa shape index (κ3) is 5.37. The van der Waals surface area contributed by atoms with Crippen LogP contribution in [-0.4, -0.2) is 31.5 Å². The van der Waals surface area contributed by atoms with Gasteiger partial charge in [0, 0.05) is 0 Å². The first-order valence-corrected chi connectivity index (χ1v) is 3.11. The van der Waals surface area contributed by atoms with Gasteiger partial charge in [-0.15, -0.1) is 11.6 Å². The first-order valence-electron chi connectivity index (χ1n) is 2.58. The topological polar surface area (TPSA) is 52.6 Å². The van der Waals surface area contributed by atoms with Gasteiger partial charge in [0.2, 0.25) is 0 Å². The summed E-state index contributed by atoms with van der Waals surface area (Å²) in [5.74, 6) is -0.347. The van der Waals surface area contributed by atoms with E-state index in [0.29, 0.717) is 0 Å². The van der Waals surface area contributed by atoms with Crippen molar-refractivity contribution >= 4 is 24.0 Å². The molecule has 0 aliphatic rings. The van der Waals surface area contributed by atoms with Crippen LogP contribution < -0.4 is 0 Å². The molecule has 0 rings (SSSR count). The van der Waals surface area contributed by atoms with Gasteiger partial charge in [-0.2, -0.15) is 0 Å². The van der Waals surface area contributed by atoms with Crippen molar-refractivity contribution in [3.63, 3.8) is 0 Å². The maximum atomic E-state index is 10.4. The highest BCUT2D eigenvalue weighted by Crippen LogP contribution is 1.81. The summed E-state index contributed by atoms with van der Waals surface area (Å²) in [7, 11) is 0. The van der Waals surface area contributed by atoms with E-state index in [0.717, 1.165) is 0 Å². The van der Waals surface area contributed by atoms with E-state index >= 15 is 0 Å². The average molecular weight is 167 g/mol. The minimum Gasteiger partial charge on any atom is -0.462 e. The fourth-order valence-electron chi connectivity index (χ4n) is 0.296. The molecule has 0 atom stereocenters. The van der Waals surface area contributed by atoms with Crippen molar-refractivity contribution in [1.29, 1.82) is 0 Å². The molecule has 58 valence electrons. The SMILES string of the molecule is O=COCC(=O)OCCCl. The standard InChI is InChI=1S/C5H7ClO4/c6-1-2-10-5(8)3-9-4-7/h4H,1-3H2. The van der Waals surface area contributed by atoms with Crippen LogP contribution in [-0.2, 0) is 19.1 Å². The van der Waals surface area contributed by atoms with Gasteiger partial charge in [0.25, 0.3) is 6.47 Å². The van der Waals surface area contributed by atoms with E-state index in [-0.39, 0.29) is 25.6 Å². The Balaban J connectivity index is 3.16. The molecular weight excluding hydrogens is 160 g/mol. The van der Waals surface area contributed by atoms with Gasteiger partial charge in [-0.25, -0.2) is 4.79 Å². The quantitative estimate of drug-likeness (QED) is 0.326. The number of carbonyl (C=O) groups excluding carboxylic acids is 2. The number of hydrogen-bond acceptors (Lipinski definition) is 4. The Hall–Kier alpha value is -0.770. The van der Waals surface area contributed by atoms with Crippen LogP contribution >= 0.6 is 11.6 Å². The third-order valence-electron chi connectivity index (χ3n) is 0.609. The number of carbonyl (C=O) groups is 2. The van der Waals surface area contributed by atoms with E-state index in [1.54, 1.807) is 0 Å². The van der Waals surface area contributed by atoms with Gasteiger partial charge in [0.1, 0.15) is 6.61 Å². The molecule has 0 heterocycles. The molecule has 0 aromatic rings. The van der Waals surface area contributed by atoms with Crippen molar-refractivity contribution < 1.29 is 19.1 Å². The van der Waals surface area contributed by atoms with Crippen LogP contribution in [0.4, 0.5) is 0 Å². The Kier molecular flexibility index (Phi) is 5.86. The molecule has 0 fully saturated rings. The van der Waals surface area contributed by atoms with E-state index < -0.39 is 5.97 Å². The maximum absolute atomic E-state index is 10.4. The Morgan fingerprint density at radius 1 is 1.60 bits per heavy atom. The minimum absolute atomic E-state index is 0.141.